The standard InChI is InChI=1S/2C4H9.H2N.Sn.H/c2*1-3-4-2;;;/h2*1,3-4H2,2H3;1H2;;/q;;-1;+1;. The summed E-state index contributed by atoms with van der Waals surface area (Å²) in [5.74, 6) is 0. The molecule has 0 rings (SSSR count). The quantitative estimate of drug-likeness (QED) is 0.719. The van der Waals surface area contributed by atoms with Gasteiger partial charge in [-0.25, -0.2) is 0 Å². The van der Waals surface area contributed by atoms with Gasteiger partial charge in [0.05, 0.1) is 0 Å². The third-order valence-corrected chi connectivity index (χ3v) is 8.42. The Balaban J connectivity index is 3.00. The molecule has 1 nitrogen and oxygen atoms in total. The van der Waals surface area contributed by atoms with Crippen LogP contribution in [0.3, 0.4) is 0 Å². The fourth-order valence-electron chi connectivity index (χ4n) is 1.08. The molecule has 0 aliphatic heterocycles. The Hall–Kier alpha value is 0.759. The van der Waals surface area contributed by atoms with Gasteiger partial charge in [0, 0.05) is 0 Å². The molecule has 0 heterocycles. The number of rotatable bonds is 6. The Bertz CT molecular complexity index is 58.3. The van der Waals surface area contributed by atoms with E-state index in [1.165, 1.54) is 34.6 Å². The summed E-state index contributed by atoms with van der Waals surface area (Å²) in [5.41, 5.74) is 0. The molecule has 0 aliphatic carbocycles. The van der Waals surface area contributed by atoms with Gasteiger partial charge in [0.2, 0.25) is 0 Å². The van der Waals surface area contributed by atoms with E-state index in [0.29, 0.717) is 0 Å². The molecule has 10 heavy (non-hydrogen) atoms. The second kappa shape index (κ2) is 7.86. The average molecular weight is 250 g/mol. The summed E-state index contributed by atoms with van der Waals surface area (Å²) in [5, 5.41) is 0. The SMILES string of the molecule is CCC[CH2][SnH]([NH2])[CH2]CCC. The van der Waals surface area contributed by atoms with Crippen LogP contribution < -0.4 is 3.96 Å². The number of unbranched alkanes of at least 4 members (excludes halogenated alkanes) is 2. The van der Waals surface area contributed by atoms with Gasteiger partial charge in [0.1, 0.15) is 0 Å². The fraction of sp³-hybridized carbons (Fsp3) is 1.00. The van der Waals surface area contributed by atoms with Crippen molar-refractivity contribution in [3.05, 3.63) is 0 Å². The van der Waals surface area contributed by atoms with Crippen molar-refractivity contribution in [2.24, 2.45) is 3.96 Å². The summed E-state index contributed by atoms with van der Waals surface area (Å²) in [6.45, 7) is 4.50. The molecule has 0 fully saturated rings. The fourth-order valence-corrected chi connectivity index (χ4v) is 7.22. The van der Waals surface area contributed by atoms with Gasteiger partial charge in [-0.1, -0.05) is 0 Å². The topological polar surface area (TPSA) is 26.0 Å². The molecule has 0 aromatic rings. The average Bonchev–Trinajstić information content (AvgIpc) is 1.97. The third kappa shape index (κ3) is 6.87. The molecule has 0 aliphatic rings. The molecule has 0 aromatic carbocycles. The Morgan fingerprint density at radius 2 is 1.40 bits per heavy atom. The molecule has 0 saturated carbocycles. The molecule has 0 bridgehead atoms. The van der Waals surface area contributed by atoms with Crippen LogP contribution >= 0.6 is 0 Å². The van der Waals surface area contributed by atoms with Gasteiger partial charge in [-0.15, -0.1) is 0 Å². The van der Waals surface area contributed by atoms with E-state index in [-0.39, 0.29) is 0 Å². The molecule has 0 atom stereocenters. The Morgan fingerprint density at radius 1 is 1.00 bits per heavy atom. The van der Waals surface area contributed by atoms with Gasteiger partial charge in [0.25, 0.3) is 0 Å². The maximum absolute atomic E-state index is 6.06. The number of nitrogens with two attached hydrogens (primary N) is 1. The van der Waals surface area contributed by atoms with Gasteiger partial charge in [-0.2, -0.15) is 0 Å². The zero-order valence-electron chi connectivity index (χ0n) is 7.40. The van der Waals surface area contributed by atoms with Crippen molar-refractivity contribution in [1.82, 2.24) is 0 Å². The van der Waals surface area contributed by atoms with Crippen molar-refractivity contribution in [2.45, 2.75) is 48.4 Å². The molecule has 0 radical (unpaired) electrons. The van der Waals surface area contributed by atoms with E-state index in [4.69, 9.17) is 3.96 Å². The summed E-state index contributed by atoms with van der Waals surface area (Å²) < 4.78 is 8.91. The van der Waals surface area contributed by atoms with Gasteiger partial charge in [-0.05, 0) is 0 Å². The van der Waals surface area contributed by atoms with Crippen LogP contribution in [0, 0.1) is 0 Å². The summed E-state index contributed by atoms with van der Waals surface area (Å²) in [4.78, 5) is 0. The monoisotopic (exact) mass is 251 g/mol. The van der Waals surface area contributed by atoms with Crippen molar-refractivity contribution in [3.63, 3.8) is 0 Å². The first-order valence-corrected chi connectivity index (χ1v) is 11.1. The second-order valence-electron chi connectivity index (χ2n) is 3.04. The molecule has 2 heteroatoms. The minimum absolute atomic E-state index is 1.33. The van der Waals surface area contributed by atoms with Crippen molar-refractivity contribution in [3.8, 4) is 0 Å². The van der Waals surface area contributed by atoms with Crippen LogP contribution in [0.2, 0.25) is 8.87 Å². The van der Waals surface area contributed by atoms with Gasteiger partial charge < -0.3 is 0 Å². The molecule has 0 aromatic heterocycles. The number of hydrogen-bond donors (Lipinski definition) is 1. The van der Waals surface area contributed by atoms with E-state index in [2.05, 4.69) is 13.8 Å². The van der Waals surface area contributed by atoms with Crippen LogP contribution in [0.15, 0.2) is 0 Å². The molecular weight excluding hydrogens is 229 g/mol. The van der Waals surface area contributed by atoms with Crippen LogP contribution in [-0.2, 0) is 0 Å². The summed E-state index contributed by atoms with van der Waals surface area (Å²) in [6, 6.07) is 0. The van der Waals surface area contributed by atoms with Crippen molar-refractivity contribution in [2.75, 3.05) is 0 Å². The Labute approximate surface area is 72.5 Å². The molecular formula is C8H21NSn. The van der Waals surface area contributed by atoms with Crippen molar-refractivity contribution < 1.29 is 0 Å². The van der Waals surface area contributed by atoms with E-state index in [1.807, 2.05) is 0 Å². The normalized spacial score (nSPS) is 10.8. The molecule has 0 saturated heterocycles. The molecule has 0 spiro atoms. The molecule has 62 valence electrons. The van der Waals surface area contributed by atoms with E-state index in [9.17, 15) is 0 Å². The van der Waals surface area contributed by atoms with E-state index in [0.717, 1.165) is 0 Å². The first kappa shape index (κ1) is 10.8. The van der Waals surface area contributed by atoms with Gasteiger partial charge in [-0.3, -0.25) is 0 Å². The third-order valence-electron chi connectivity index (χ3n) is 1.86. The Kier molecular flexibility index (Phi) is 8.46. The zero-order valence-corrected chi connectivity index (χ0v) is 10.7. The maximum atomic E-state index is 6.06. The molecule has 2 N–H and O–H groups in total. The van der Waals surface area contributed by atoms with Crippen molar-refractivity contribution in [1.29, 1.82) is 0 Å². The van der Waals surface area contributed by atoms with E-state index < -0.39 is 20.0 Å². The minimum atomic E-state index is -1.36. The summed E-state index contributed by atoms with van der Waals surface area (Å²) in [7, 11) is 0. The van der Waals surface area contributed by atoms with Crippen molar-refractivity contribution >= 4 is 20.0 Å². The van der Waals surface area contributed by atoms with Crippen LogP contribution in [0.4, 0.5) is 0 Å². The summed E-state index contributed by atoms with van der Waals surface area (Å²) >= 11 is -1.36. The molecule has 0 amide bonds. The van der Waals surface area contributed by atoms with Crippen LogP contribution in [-0.4, -0.2) is 20.0 Å². The number of hydrogen-bond acceptors (Lipinski definition) is 1. The van der Waals surface area contributed by atoms with Gasteiger partial charge in [0.15, 0.2) is 0 Å². The summed E-state index contributed by atoms with van der Waals surface area (Å²) in [6.07, 6.45) is 5.44. The predicted molar refractivity (Wildman–Crippen MR) is 50.8 cm³/mol. The molecule has 0 unspecified atom stereocenters. The Morgan fingerprint density at radius 3 is 1.70 bits per heavy atom. The van der Waals surface area contributed by atoms with E-state index >= 15 is 0 Å². The van der Waals surface area contributed by atoms with Gasteiger partial charge >= 0.3 is 72.4 Å². The first-order chi connectivity index (χ1) is 4.81. The second-order valence-corrected chi connectivity index (χ2v) is 10.7. The zero-order chi connectivity index (χ0) is 7.82. The van der Waals surface area contributed by atoms with Crippen LogP contribution in [0.5, 0.6) is 0 Å². The predicted octanol–water partition coefficient (Wildman–Crippen LogP) is 2.27. The van der Waals surface area contributed by atoms with E-state index in [1.54, 1.807) is 0 Å². The van der Waals surface area contributed by atoms with Crippen LogP contribution in [0.1, 0.15) is 39.5 Å². The first-order valence-electron chi connectivity index (χ1n) is 4.56. The van der Waals surface area contributed by atoms with Crippen LogP contribution in [0.25, 0.3) is 0 Å².